The van der Waals surface area contributed by atoms with Gasteiger partial charge in [-0.25, -0.2) is 0 Å². The van der Waals surface area contributed by atoms with Crippen molar-refractivity contribution in [2.75, 3.05) is 13.1 Å². The predicted molar refractivity (Wildman–Crippen MR) is 56.0 cm³/mol. The molecule has 1 aliphatic heterocycles. The van der Waals surface area contributed by atoms with Crippen LogP contribution < -0.4 is 0 Å². The summed E-state index contributed by atoms with van der Waals surface area (Å²) in [5.41, 5.74) is 8.22. The van der Waals surface area contributed by atoms with E-state index in [1.807, 2.05) is 0 Å². The first-order valence-corrected chi connectivity index (χ1v) is 5.29. The van der Waals surface area contributed by atoms with Gasteiger partial charge in [0.15, 0.2) is 0 Å². The van der Waals surface area contributed by atoms with Crippen molar-refractivity contribution >= 4 is 5.91 Å². The van der Waals surface area contributed by atoms with Gasteiger partial charge in [0.2, 0.25) is 5.91 Å². The third-order valence-electron chi connectivity index (χ3n) is 3.01. The fourth-order valence-corrected chi connectivity index (χ4v) is 2.06. The van der Waals surface area contributed by atoms with Crippen LogP contribution in [-0.2, 0) is 4.79 Å². The maximum atomic E-state index is 11.9. The summed E-state index contributed by atoms with van der Waals surface area (Å²) < 4.78 is 0. The van der Waals surface area contributed by atoms with Gasteiger partial charge < -0.3 is 4.90 Å². The maximum absolute atomic E-state index is 11.9. The molecule has 2 aliphatic rings. The molecule has 1 amide bonds. The standard InChI is InChI=1S/C10H14N4O/c11-13-12-9-6-14(7-9)10(15)8-4-2-1-3-5-8/h1-2,8-9H,3-7H2/t8-/m0/s1. The fraction of sp³-hybridized carbons (Fsp3) is 0.700. The van der Waals surface area contributed by atoms with Crippen molar-refractivity contribution in [3.63, 3.8) is 0 Å². The first kappa shape index (κ1) is 10.1. The minimum atomic E-state index is -0.00178. The molecule has 0 saturated carbocycles. The molecule has 80 valence electrons. The van der Waals surface area contributed by atoms with E-state index >= 15 is 0 Å². The summed E-state index contributed by atoms with van der Waals surface area (Å²) in [4.78, 5) is 16.4. The second-order valence-electron chi connectivity index (χ2n) is 4.08. The number of nitrogens with zero attached hydrogens (tertiary/aromatic N) is 4. The second kappa shape index (κ2) is 4.36. The normalized spacial score (nSPS) is 25.6. The molecule has 0 aromatic rings. The zero-order chi connectivity index (χ0) is 10.7. The Kier molecular flexibility index (Phi) is 2.92. The van der Waals surface area contributed by atoms with E-state index in [0.717, 1.165) is 19.3 Å². The Labute approximate surface area is 88.4 Å². The Morgan fingerprint density at radius 3 is 2.87 bits per heavy atom. The molecule has 2 rings (SSSR count). The molecule has 0 aromatic carbocycles. The molecule has 0 bridgehead atoms. The smallest absolute Gasteiger partial charge is 0.226 e. The monoisotopic (exact) mass is 206 g/mol. The van der Waals surface area contributed by atoms with Crippen molar-refractivity contribution in [2.45, 2.75) is 25.3 Å². The van der Waals surface area contributed by atoms with Crippen molar-refractivity contribution in [3.05, 3.63) is 22.6 Å². The topological polar surface area (TPSA) is 69.1 Å². The molecule has 15 heavy (non-hydrogen) atoms. The minimum absolute atomic E-state index is 0.00178. The van der Waals surface area contributed by atoms with Crippen LogP contribution in [0.2, 0.25) is 0 Å². The lowest BCUT2D eigenvalue weighted by Gasteiger charge is -2.39. The SMILES string of the molecule is [N-]=[N+]=NC1CN(C(=O)[C@H]2CC=CCC2)C1. The molecule has 0 aromatic heterocycles. The van der Waals surface area contributed by atoms with Crippen molar-refractivity contribution < 1.29 is 4.79 Å². The maximum Gasteiger partial charge on any atom is 0.226 e. The van der Waals surface area contributed by atoms with Crippen LogP contribution in [0.4, 0.5) is 0 Å². The Morgan fingerprint density at radius 1 is 1.47 bits per heavy atom. The highest BCUT2D eigenvalue weighted by Gasteiger charge is 2.33. The van der Waals surface area contributed by atoms with Gasteiger partial charge in [-0.1, -0.05) is 17.3 Å². The number of carbonyl (C=O) groups excluding carboxylic acids is 1. The average molecular weight is 206 g/mol. The van der Waals surface area contributed by atoms with Crippen LogP contribution >= 0.6 is 0 Å². The number of hydrogen-bond acceptors (Lipinski definition) is 2. The molecule has 1 heterocycles. The zero-order valence-electron chi connectivity index (χ0n) is 8.54. The average Bonchev–Trinajstić information content (AvgIpc) is 2.23. The molecule has 0 N–H and O–H groups in total. The molecule has 5 heteroatoms. The van der Waals surface area contributed by atoms with Crippen molar-refractivity contribution in [1.82, 2.24) is 4.90 Å². The lowest BCUT2D eigenvalue weighted by atomic mass is 9.91. The predicted octanol–water partition coefficient (Wildman–Crippen LogP) is 1.86. The van der Waals surface area contributed by atoms with Gasteiger partial charge in [0.05, 0.1) is 6.04 Å². The summed E-state index contributed by atoms with van der Waals surface area (Å²) in [6, 6.07) is -0.00178. The molecular formula is C10H14N4O. The van der Waals surface area contributed by atoms with Crippen molar-refractivity contribution in [1.29, 1.82) is 0 Å². The van der Waals surface area contributed by atoms with Crippen LogP contribution in [0.3, 0.4) is 0 Å². The van der Waals surface area contributed by atoms with Crippen LogP contribution in [0.15, 0.2) is 17.3 Å². The first-order chi connectivity index (χ1) is 7.31. The summed E-state index contributed by atoms with van der Waals surface area (Å²) in [5.74, 6) is 0.380. The first-order valence-electron chi connectivity index (χ1n) is 5.29. The van der Waals surface area contributed by atoms with Crippen LogP contribution in [0.1, 0.15) is 19.3 Å². The van der Waals surface area contributed by atoms with Crippen molar-refractivity contribution in [3.8, 4) is 0 Å². The van der Waals surface area contributed by atoms with Crippen LogP contribution in [0, 0.1) is 5.92 Å². The van der Waals surface area contributed by atoms with Gasteiger partial charge in [-0.15, -0.1) is 0 Å². The van der Waals surface area contributed by atoms with Crippen LogP contribution in [-0.4, -0.2) is 29.9 Å². The molecule has 1 aliphatic carbocycles. The van der Waals surface area contributed by atoms with E-state index in [2.05, 4.69) is 22.2 Å². The van der Waals surface area contributed by atoms with Crippen LogP contribution in [0.5, 0.6) is 0 Å². The van der Waals surface area contributed by atoms with E-state index in [-0.39, 0.29) is 17.9 Å². The van der Waals surface area contributed by atoms with Gasteiger partial charge in [-0.3, -0.25) is 4.79 Å². The number of carbonyl (C=O) groups is 1. The summed E-state index contributed by atoms with van der Waals surface area (Å²) in [7, 11) is 0. The number of allylic oxidation sites excluding steroid dienone is 2. The fourth-order valence-electron chi connectivity index (χ4n) is 2.06. The van der Waals surface area contributed by atoms with Gasteiger partial charge in [0.1, 0.15) is 0 Å². The third-order valence-corrected chi connectivity index (χ3v) is 3.01. The Hall–Kier alpha value is -1.48. The van der Waals surface area contributed by atoms with Crippen molar-refractivity contribution in [2.24, 2.45) is 11.0 Å². The van der Waals surface area contributed by atoms with Gasteiger partial charge in [0, 0.05) is 23.9 Å². The summed E-state index contributed by atoms with van der Waals surface area (Å²) in [5, 5.41) is 3.58. The highest BCUT2D eigenvalue weighted by molar-refractivity contribution is 5.80. The van der Waals surface area contributed by atoms with Gasteiger partial charge >= 0.3 is 0 Å². The highest BCUT2D eigenvalue weighted by Crippen LogP contribution is 2.23. The minimum Gasteiger partial charge on any atom is -0.341 e. The van der Waals surface area contributed by atoms with Crippen LogP contribution in [0.25, 0.3) is 10.4 Å². The Bertz CT molecular complexity index is 326. The van der Waals surface area contributed by atoms with Gasteiger partial charge in [-0.05, 0) is 24.8 Å². The van der Waals surface area contributed by atoms with E-state index in [9.17, 15) is 4.79 Å². The highest BCUT2D eigenvalue weighted by atomic mass is 16.2. The Morgan fingerprint density at radius 2 is 2.27 bits per heavy atom. The number of hydrogen-bond donors (Lipinski definition) is 0. The number of azide groups is 1. The number of likely N-dealkylation sites (tertiary alicyclic amines) is 1. The molecular weight excluding hydrogens is 192 g/mol. The van der Waals surface area contributed by atoms with E-state index in [4.69, 9.17) is 5.53 Å². The van der Waals surface area contributed by atoms with E-state index in [1.165, 1.54) is 0 Å². The molecule has 0 radical (unpaired) electrons. The third kappa shape index (κ3) is 2.13. The second-order valence-corrected chi connectivity index (χ2v) is 4.08. The molecule has 0 spiro atoms. The van der Waals surface area contributed by atoms with E-state index < -0.39 is 0 Å². The quantitative estimate of drug-likeness (QED) is 0.294. The number of rotatable bonds is 2. The van der Waals surface area contributed by atoms with Gasteiger partial charge in [-0.2, -0.15) is 0 Å². The molecule has 1 saturated heterocycles. The molecule has 5 nitrogen and oxygen atoms in total. The number of amides is 1. The van der Waals surface area contributed by atoms with Gasteiger partial charge in [0.25, 0.3) is 0 Å². The lowest BCUT2D eigenvalue weighted by molar-refractivity contribution is -0.140. The molecule has 1 fully saturated rings. The van der Waals surface area contributed by atoms with E-state index in [1.54, 1.807) is 4.90 Å². The van der Waals surface area contributed by atoms with E-state index in [0.29, 0.717) is 13.1 Å². The summed E-state index contributed by atoms with van der Waals surface area (Å²) in [6.07, 6.45) is 7.03. The summed E-state index contributed by atoms with van der Waals surface area (Å²) in [6.45, 7) is 1.20. The molecule has 1 atom stereocenters. The largest absolute Gasteiger partial charge is 0.341 e. The molecule has 0 unspecified atom stereocenters. The summed E-state index contributed by atoms with van der Waals surface area (Å²) >= 11 is 0. The zero-order valence-corrected chi connectivity index (χ0v) is 8.54. The Balaban J connectivity index is 1.83. The lowest BCUT2D eigenvalue weighted by Crippen LogP contribution is -2.54.